The van der Waals surface area contributed by atoms with E-state index in [2.05, 4.69) is 51.6 Å². The molecule has 1 unspecified atom stereocenters. The van der Waals surface area contributed by atoms with Crippen molar-refractivity contribution >= 4 is 15.9 Å². The van der Waals surface area contributed by atoms with E-state index in [4.69, 9.17) is 0 Å². The quantitative estimate of drug-likeness (QED) is 0.842. The fraction of sp³-hybridized carbons (Fsp3) is 0.333. The van der Waals surface area contributed by atoms with Gasteiger partial charge in [0, 0.05) is 15.9 Å². The highest BCUT2D eigenvalue weighted by molar-refractivity contribution is 9.10. The first-order valence-electron chi connectivity index (χ1n) is 7.32. The summed E-state index contributed by atoms with van der Waals surface area (Å²) in [6.45, 7) is 0. The van der Waals surface area contributed by atoms with Crippen LogP contribution in [-0.4, -0.2) is 13.1 Å². The summed E-state index contributed by atoms with van der Waals surface area (Å²) in [6.07, 6.45) is 3.22. The third-order valence-corrected chi connectivity index (χ3v) is 4.97. The first kappa shape index (κ1) is 14.7. The smallest absolute Gasteiger partial charge is 0.124 e. The number of hydrogen-bond donors (Lipinski definition) is 1. The number of nitrogens with one attached hydrogen (secondary N) is 1. The molecule has 0 amide bonds. The molecule has 1 fully saturated rings. The van der Waals surface area contributed by atoms with Crippen LogP contribution in [0.5, 0.6) is 0 Å². The summed E-state index contributed by atoms with van der Waals surface area (Å²) in [5.74, 6) is -0.182. The maximum absolute atomic E-state index is 13.6. The zero-order valence-corrected chi connectivity index (χ0v) is 13.7. The van der Waals surface area contributed by atoms with Gasteiger partial charge in [-0.1, -0.05) is 46.3 Å². The van der Waals surface area contributed by atoms with Crippen molar-refractivity contribution in [3.63, 3.8) is 0 Å². The Morgan fingerprint density at radius 2 is 1.90 bits per heavy atom. The van der Waals surface area contributed by atoms with Gasteiger partial charge >= 0.3 is 0 Å². The Hall–Kier alpha value is -1.19. The van der Waals surface area contributed by atoms with Crippen molar-refractivity contribution in [2.75, 3.05) is 7.05 Å². The van der Waals surface area contributed by atoms with Gasteiger partial charge in [-0.05, 0) is 55.6 Å². The lowest BCUT2D eigenvalue weighted by atomic mass is 9.84. The molecule has 1 aliphatic rings. The minimum absolute atomic E-state index is 0.182. The molecule has 3 heteroatoms. The standard InChI is InChI=1S/C18H19BrFN/c1-21-17(11-13-9-15(19)12-16(20)10-13)18(7-8-18)14-5-3-2-4-6-14/h2-6,9-10,12,17,21H,7-8,11H2,1H3. The zero-order chi connectivity index (χ0) is 14.9. The van der Waals surface area contributed by atoms with Gasteiger partial charge in [-0.25, -0.2) is 4.39 Å². The van der Waals surface area contributed by atoms with Crippen LogP contribution in [0.25, 0.3) is 0 Å². The van der Waals surface area contributed by atoms with Crippen LogP contribution < -0.4 is 5.32 Å². The molecule has 0 radical (unpaired) electrons. The first-order valence-corrected chi connectivity index (χ1v) is 8.11. The van der Waals surface area contributed by atoms with Crippen LogP contribution in [0.3, 0.4) is 0 Å². The molecule has 1 N–H and O–H groups in total. The van der Waals surface area contributed by atoms with Crippen molar-refractivity contribution in [3.8, 4) is 0 Å². The Morgan fingerprint density at radius 3 is 2.48 bits per heavy atom. The third kappa shape index (κ3) is 3.04. The topological polar surface area (TPSA) is 12.0 Å². The summed E-state index contributed by atoms with van der Waals surface area (Å²) >= 11 is 3.38. The molecule has 110 valence electrons. The minimum atomic E-state index is -0.182. The van der Waals surface area contributed by atoms with Gasteiger partial charge in [0.05, 0.1) is 0 Å². The largest absolute Gasteiger partial charge is 0.316 e. The number of likely N-dealkylation sites (N-methyl/N-ethyl adjacent to an activating group) is 1. The lowest BCUT2D eigenvalue weighted by Gasteiger charge is -2.27. The second kappa shape index (κ2) is 5.90. The monoisotopic (exact) mass is 347 g/mol. The van der Waals surface area contributed by atoms with Crippen LogP contribution >= 0.6 is 15.9 Å². The van der Waals surface area contributed by atoms with Crippen LogP contribution in [-0.2, 0) is 11.8 Å². The van der Waals surface area contributed by atoms with E-state index < -0.39 is 0 Å². The molecule has 1 aliphatic carbocycles. The molecule has 2 aromatic rings. The van der Waals surface area contributed by atoms with E-state index in [-0.39, 0.29) is 11.2 Å². The molecule has 1 atom stereocenters. The SMILES string of the molecule is CNC(Cc1cc(F)cc(Br)c1)C1(c2ccccc2)CC1. The Labute approximate surface area is 133 Å². The molecule has 0 aromatic heterocycles. The predicted molar refractivity (Wildman–Crippen MR) is 88.0 cm³/mol. The van der Waals surface area contributed by atoms with Crippen molar-refractivity contribution in [2.24, 2.45) is 0 Å². The van der Waals surface area contributed by atoms with Crippen LogP contribution in [0.15, 0.2) is 53.0 Å². The predicted octanol–water partition coefficient (Wildman–Crippen LogP) is 4.45. The van der Waals surface area contributed by atoms with Crippen LogP contribution in [0, 0.1) is 5.82 Å². The molecular formula is C18H19BrFN. The molecule has 0 bridgehead atoms. The summed E-state index contributed by atoms with van der Waals surface area (Å²) in [6, 6.07) is 16.1. The van der Waals surface area contributed by atoms with Crippen LogP contribution in [0.4, 0.5) is 4.39 Å². The minimum Gasteiger partial charge on any atom is -0.316 e. The lowest BCUT2D eigenvalue weighted by Crippen LogP contribution is -2.39. The van der Waals surface area contributed by atoms with Gasteiger partial charge in [-0.15, -0.1) is 0 Å². The van der Waals surface area contributed by atoms with Gasteiger partial charge < -0.3 is 5.32 Å². The van der Waals surface area contributed by atoms with Crippen LogP contribution in [0.2, 0.25) is 0 Å². The van der Waals surface area contributed by atoms with E-state index in [9.17, 15) is 4.39 Å². The Kier molecular flexibility index (Phi) is 4.14. The van der Waals surface area contributed by atoms with Gasteiger partial charge in [0.15, 0.2) is 0 Å². The van der Waals surface area contributed by atoms with Gasteiger partial charge in [-0.3, -0.25) is 0 Å². The number of benzene rings is 2. The Morgan fingerprint density at radius 1 is 1.19 bits per heavy atom. The highest BCUT2D eigenvalue weighted by Crippen LogP contribution is 2.51. The Bertz CT molecular complexity index is 602. The summed E-state index contributed by atoms with van der Waals surface area (Å²) in [4.78, 5) is 0. The van der Waals surface area contributed by atoms with Gasteiger partial charge in [0.2, 0.25) is 0 Å². The second-order valence-electron chi connectivity index (χ2n) is 5.85. The van der Waals surface area contributed by atoms with E-state index in [1.807, 2.05) is 13.1 Å². The average Bonchev–Trinajstić information content (AvgIpc) is 3.26. The van der Waals surface area contributed by atoms with Crippen molar-refractivity contribution in [3.05, 3.63) is 69.9 Å². The number of halogens is 2. The van der Waals surface area contributed by atoms with Gasteiger partial charge in [0.1, 0.15) is 5.82 Å². The summed E-state index contributed by atoms with van der Waals surface area (Å²) in [7, 11) is 2.00. The van der Waals surface area contributed by atoms with Crippen molar-refractivity contribution < 1.29 is 4.39 Å². The molecule has 0 heterocycles. The van der Waals surface area contributed by atoms with E-state index in [0.717, 1.165) is 16.5 Å². The molecule has 3 rings (SSSR count). The van der Waals surface area contributed by atoms with Gasteiger partial charge in [-0.2, -0.15) is 0 Å². The first-order chi connectivity index (χ1) is 10.1. The average molecular weight is 348 g/mol. The van der Waals surface area contributed by atoms with E-state index >= 15 is 0 Å². The fourth-order valence-corrected chi connectivity index (χ4v) is 3.79. The van der Waals surface area contributed by atoms with Crippen molar-refractivity contribution in [1.82, 2.24) is 5.32 Å². The maximum atomic E-state index is 13.6. The molecule has 21 heavy (non-hydrogen) atoms. The fourth-order valence-electron chi connectivity index (χ4n) is 3.28. The maximum Gasteiger partial charge on any atom is 0.124 e. The van der Waals surface area contributed by atoms with Crippen molar-refractivity contribution in [1.29, 1.82) is 0 Å². The molecular weight excluding hydrogens is 329 g/mol. The Balaban J connectivity index is 1.86. The summed E-state index contributed by atoms with van der Waals surface area (Å²) in [5.41, 5.74) is 2.62. The highest BCUT2D eigenvalue weighted by Gasteiger charge is 2.49. The molecule has 0 saturated heterocycles. The number of hydrogen-bond acceptors (Lipinski definition) is 1. The van der Waals surface area contributed by atoms with Crippen molar-refractivity contribution in [2.45, 2.75) is 30.7 Å². The zero-order valence-electron chi connectivity index (χ0n) is 12.1. The molecule has 2 aromatic carbocycles. The van der Waals surface area contributed by atoms with E-state index in [1.165, 1.54) is 24.5 Å². The summed E-state index contributed by atoms with van der Waals surface area (Å²) < 4.78 is 14.4. The molecule has 0 spiro atoms. The second-order valence-corrected chi connectivity index (χ2v) is 6.76. The van der Waals surface area contributed by atoms with E-state index in [0.29, 0.717) is 6.04 Å². The molecule has 1 nitrogen and oxygen atoms in total. The normalized spacial score (nSPS) is 17.5. The summed E-state index contributed by atoms with van der Waals surface area (Å²) in [5, 5.41) is 3.45. The molecule has 0 aliphatic heterocycles. The highest BCUT2D eigenvalue weighted by atomic mass is 79.9. The number of rotatable bonds is 5. The third-order valence-electron chi connectivity index (χ3n) is 4.52. The van der Waals surface area contributed by atoms with E-state index in [1.54, 1.807) is 6.07 Å². The van der Waals surface area contributed by atoms with Crippen LogP contribution in [0.1, 0.15) is 24.0 Å². The molecule has 1 saturated carbocycles. The van der Waals surface area contributed by atoms with Gasteiger partial charge in [0.25, 0.3) is 0 Å². The lowest BCUT2D eigenvalue weighted by molar-refractivity contribution is 0.441.